The Morgan fingerprint density at radius 1 is 1.60 bits per heavy atom. The first-order valence-corrected chi connectivity index (χ1v) is 1.21. The third kappa shape index (κ3) is 28.8. The molecule has 0 aromatic carbocycles. The minimum atomic E-state index is 0. The van der Waals surface area contributed by atoms with Crippen LogP contribution in [-0.4, -0.2) is 48.9 Å². The molecule has 0 saturated heterocycles. The first-order valence-electron chi connectivity index (χ1n) is 1.21. The van der Waals surface area contributed by atoms with Gasteiger partial charge in [-0.2, -0.15) is 6.42 Å². The van der Waals surface area contributed by atoms with E-state index in [9.17, 15) is 0 Å². The molecule has 0 radical (unpaired) electrons. The Hall–Kier alpha value is 1.57. The van der Waals surface area contributed by atoms with Crippen molar-refractivity contribution in [3.05, 3.63) is 14.4 Å². The molecule has 0 aliphatic carbocycles. The molecule has 5 heavy (non-hydrogen) atoms. The summed E-state index contributed by atoms with van der Waals surface area (Å²) in [6.45, 7) is 5.50. The predicted molar refractivity (Wildman–Crippen MR) is 27.8 cm³/mol. The van der Waals surface area contributed by atoms with E-state index < -0.39 is 0 Å². The molecular formula is C4H10Ba. The van der Waals surface area contributed by atoms with Crippen molar-refractivity contribution in [2.45, 2.75) is 13.3 Å². The van der Waals surface area contributed by atoms with Gasteiger partial charge in [0.1, 0.15) is 0 Å². The fourth-order valence-electron chi connectivity index (χ4n) is 0. The average molecular weight is 195 g/mol. The quantitative estimate of drug-likeness (QED) is 0.404. The molecule has 0 nitrogen and oxygen atoms in total. The van der Waals surface area contributed by atoms with E-state index in [1.807, 2.05) is 6.92 Å². The summed E-state index contributed by atoms with van der Waals surface area (Å²) in [7, 11) is 0. The molecule has 0 saturated carbocycles. The second-order valence-electron chi connectivity index (χ2n) is 0.500. The predicted octanol–water partition coefficient (Wildman–Crippen LogP) is 1.30. The van der Waals surface area contributed by atoms with Crippen molar-refractivity contribution < 1.29 is 0 Å². The first kappa shape index (κ1) is 16.0. The average Bonchev–Trinajstić information content (AvgIpc) is 0.918. The summed E-state index contributed by atoms with van der Waals surface area (Å²) in [6, 6.07) is 0. The third-order valence-electron chi connectivity index (χ3n) is 0. The van der Waals surface area contributed by atoms with Crippen LogP contribution < -0.4 is 0 Å². The normalized spacial score (nSPS) is 3.60. The van der Waals surface area contributed by atoms with E-state index in [0.717, 1.165) is 6.42 Å². The SMILES string of the molecule is [Ba+2].[CH2-]CC.[CH3-]. The molecule has 0 amide bonds. The Balaban J connectivity index is -0.0000000200. The molecule has 1 heteroatoms. The smallest absolute Gasteiger partial charge is 0.358 e. The summed E-state index contributed by atoms with van der Waals surface area (Å²) >= 11 is 0. The first-order chi connectivity index (χ1) is 1.41. The Morgan fingerprint density at radius 2 is 1.60 bits per heavy atom. The zero-order valence-electron chi connectivity index (χ0n) is 4.12. The minimum Gasteiger partial charge on any atom is -0.358 e. The Morgan fingerprint density at radius 3 is 1.60 bits per heavy atom. The van der Waals surface area contributed by atoms with Crippen LogP contribution in [0.3, 0.4) is 0 Å². The van der Waals surface area contributed by atoms with E-state index in [0.29, 0.717) is 0 Å². The van der Waals surface area contributed by atoms with Crippen molar-refractivity contribution >= 4 is 48.9 Å². The summed E-state index contributed by atoms with van der Waals surface area (Å²) in [6.07, 6.45) is 1.00. The molecule has 0 bridgehead atoms. The van der Waals surface area contributed by atoms with Gasteiger partial charge in [-0.25, -0.2) is 0 Å². The molecule has 0 aliphatic heterocycles. The standard InChI is InChI=1S/C3H7.CH3.Ba/c1-3-2;;/h1,3H2,2H3;1H3;/q2*-1;+2. The number of hydrogen-bond donors (Lipinski definition) is 0. The van der Waals surface area contributed by atoms with Gasteiger partial charge in [0, 0.05) is 0 Å². The van der Waals surface area contributed by atoms with Crippen LogP contribution >= 0.6 is 0 Å². The van der Waals surface area contributed by atoms with Gasteiger partial charge in [0.05, 0.1) is 0 Å². The Labute approximate surface area is 75.4 Å². The minimum absolute atomic E-state index is 0. The molecule has 0 aliphatic rings. The van der Waals surface area contributed by atoms with E-state index in [-0.39, 0.29) is 56.3 Å². The van der Waals surface area contributed by atoms with E-state index in [1.165, 1.54) is 0 Å². The van der Waals surface area contributed by atoms with Crippen LogP contribution in [0.15, 0.2) is 0 Å². The summed E-state index contributed by atoms with van der Waals surface area (Å²) in [5.74, 6) is 0. The molecular weight excluding hydrogens is 185 g/mol. The Bertz CT molecular complexity index is 3.61. The maximum atomic E-state index is 3.49. The van der Waals surface area contributed by atoms with Crippen molar-refractivity contribution in [2.24, 2.45) is 0 Å². The Kier molecular flexibility index (Phi) is 56.3. The molecule has 0 atom stereocenters. The van der Waals surface area contributed by atoms with E-state index in [1.54, 1.807) is 0 Å². The molecule has 0 unspecified atom stereocenters. The van der Waals surface area contributed by atoms with Crippen LogP contribution in [0.25, 0.3) is 0 Å². The van der Waals surface area contributed by atoms with Crippen LogP contribution in [0.2, 0.25) is 0 Å². The second kappa shape index (κ2) is 17.6. The van der Waals surface area contributed by atoms with Crippen LogP contribution in [0, 0.1) is 14.4 Å². The molecule has 0 N–H and O–H groups in total. The van der Waals surface area contributed by atoms with Crippen molar-refractivity contribution in [3.63, 3.8) is 0 Å². The van der Waals surface area contributed by atoms with Crippen LogP contribution in [0.4, 0.5) is 0 Å². The van der Waals surface area contributed by atoms with Crippen molar-refractivity contribution in [1.29, 1.82) is 0 Å². The van der Waals surface area contributed by atoms with Gasteiger partial charge in [-0.05, 0) is 0 Å². The topological polar surface area (TPSA) is 0 Å². The second-order valence-corrected chi connectivity index (χ2v) is 0.500. The molecule has 28 valence electrons. The van der Waals surface area contributed by atoms with Crippen LogP contribution in [0.5, 0.6) is 0 Å². The molecule has 0 aromatic heterocycles. The molecule has 0 rings (SSSR count). The molecule has 0 heterocycles. The third-order valence-corrected chi connectivity index (χ3v) is 0. The summed E-state index contributed by atoms with van der Waals surface area (Å²) in [5, 5.41) is 0. The monoisotopic (exact) mass is 196 g/mol. The van der Waals surface area contributed by atoms with Crippen molar-refractivity contribution in [2.75, 3.05) is 0 Å². The van der Waals surface area contributed by atoms with Crippen LogP contribution in [-0.2, 0) is 0 Å². The van der Waals surface area contributed by atoms with Crippen molar-refractivity contribution in [3.8, 4) is 0 Å². The van der Waals surface area contributed by atoms with Crippen molar-refractivity contribution in [1.82, 2.24) is 0 Å². The van der Waals surface area contributed by atoms with E-state index in [2.05, 4.69) is 6.92 Å². The van der Waals surface area contributed by atoms with Gasteiger partial charge in [0.15, 0.2) is 0 Å². The van der Waals surface area contributed by atoms with Gasteiger partial charge in [0.25, 0.3) is 0 Å². The zero-order chi connectivity index (χ0) is 2.71. The van der Waals surface area contributed by atoms with Gasteiger partial charge < -0.3 is 14.4 Å². The van der Waals surface area contributed by atoms with Gasteiger partial charge in [0.2, 0.25) is 0 Å². The number of hydrogen-bond acceptors (Lipinski definition) is 0. The molecule has 0 aromatic rings. The van der Waals surface area contributed by atoms with Gasteiger partial charge in [-0.15, -0.1) is 0 Å². The fourth-order valence-corrected chi connectivity index (χ4v) is 0. The van der Waals surface area contributed by atoms with E-state index in [4.69, 9.17) is 0 Å². The summed E-state index contributed by atoms with van der Waals surface area (Å²) in [5.41, 5.74) is 0. The van der Waals surface area contributed by atoms with Gasteiger partial charge in [-0.1, -0.05) is 6.92 Å². The fraction of sp³-hybridized carbons (Fsp3) is 0.500. The maximum absolute atomic E-state index is 3.49. The number of rotatable bonds is 0. The van der Waals surface area contributed by atoms with Gasteiger partial charge in [-0.3, -0.25) is 0 Å². The zero-order valence-corrected chi connectivity index (χ0v) is 8.56. The largest absolute Gasteiger partial charge is 2.00 e. The van der Waals surface area contributed by atoms with E-state index >= 15 is 0 Å². The summed E-state index contributed by atoms with van der Waals surface area (Å²) in [4.78, 5) is 0. The summed E-state index contributed by atoms with van der Waals surface area (Å²) < 4.78 is 0. The molecule has 0 fully saturated rings. The van der Waals surface area contributed by atoms with Gasteiger partial charge >= 0.3 is 48.9 Å². The molecule has 0 spiro atoms. The van der Waals surface area contributed by atoms with Crippen LogP contribution in [0.1, 0.15) is 13.3 Å². The maximum Gasteiger partial charge on any atom is 2.00 e.